The second-order valence-corrected chi connectivity index (χ2v) is 4.83. The number of nitrogens with one attached hydrogen (secondary N) is 2. The van der Waals surface area contributed by atoms with E-state index in [0.717, 1.165) is 24.2 Å². The van der Waals surface area contributed by atoms with E-state index in [2.05, 4.69) is 15.7 Å². The molecule has 3 rings (SSSR count). The van der Waals surface area contributed by atoms with Crippen LogP contribution in [0.3, 0.4) is 0 Å². The number of carbonyl (C=O) groups excluding carboxylic acids is 1. The molecule has 0 bridgehead atoms. The van der Waals surface area contributed by atoms with Crippen LogP contribution in [0.2, 0.25) is 0 Å². The topological polar surface area (TPSA) is 79.2 Å². The van der Waals surface area contributed by atoms with Crippen LogP contribution in [-0.4, -0.2) is 27.3 Å². The molecular formula is C14H16N4O2. The molecule has 2 aromatic rings. The Balaban J connectivity index is 1.88. The van der Waals surface area contributed by atoms with Crippen molar-refractivity contribution in [2.45, 2.75) is 13.0 Å². The number of aromatic nitrogens is 2. The number of hydrogen-bond acceptors (Lipinski definition) is 4. The molecule has 0 atom stereocenters. The molecule has 0 spiro atoms. The highest BCUT2D eigenvalue weighted by atomic mass is 16.3. The van der Waals surface area contributed by atoms with Crippen LogP contribution in [0.1, 0.15) is 21.6 Å². The van der Waals surface area contributed by atoms with Gasteiger partial charge in [-0.2, -0.15) is 5.10 Å². The molecule has 20 heavy (non-hydrogen) atoms. The molecule has 1 aliphatic rings. The van der Waals surface area contributed by atoms with Crippen molar-refractivity contribution in [3.8, 4) is 5.75 Å². The van der Waals surface area contributed by atoms with Gasteiger partial charge in [0.1, 0.15) is 11.6 Å². The first-order valence-electron chi connectivity index (χ1n) is 6.51. The normalized spacial score (nSPS) is 13.8. The number of nitrogens with zero attached hydrogens (tertiary/aromatic N) is 2. The van der Waals surface area contributed by atoms with Crippen molar-refractivity contribution in [3.05, 3.63) is 41.1 Å². The van der Waals surface area contributed by atoms with Crippen LogP contribution in [0.5, 0.6) is 5.75 Å². The molecule has 0 radical (unpaired) electrons. The van der Waals surface area contributed by atoms with Gasteiger partial charge in [-0.05, 0) is 18.2 Å². The summed E-state index contributed by atoms with van der Waals surface area (Å²) in [5.41, 5.74) is 2.48. The third kappa shape index (κ3) is 2.25. The number of phenols is 1. The summed E-state index contributed by atoms with van der Waals surface area (Å²) in [5.74, 6) is 0.532. The summed E-state index contributed by atoms with van der Waals surface area (Å²) in [6.07, 6.45) is 0.866. The van der Waals surface area contributed by atoms with E-state index in [1.807, 2.05) is 7.05 Å². The summed E-state index contributed by atoms with van der Waals surface area (Å²) in [4.78, 5) is 12.2. The average Bonchev–Trinajstić information content (AvgIpc) is 2.75. The molecule has 1 aromatic carbocycles. The van der Waals surface area contributed by atoms with Crippen molar-refractivity contribution < 1.29 is 9.90 Å². The van der Waals surface area contributed by atoms with Crippen molar-refractivity contribution in [2.24, 2.45) is 7.05 Å². The van der Waals surface area contributed by atoms with E-state index in [1.165, 1.54) is 12.1 Å². The Morgan fingerprint density at radius 2 is 2.35 bits per heavy atom. The fourth-order valence-electron chi connectivity index (χ4n) is 2.41. The Morgan fingerprint density at radius 1 is 1.50 bits per heavy atom. The first-order valence-corrected chi connectivity index (χ1v) is 6.51. The first-order chi connectivity index (χ1) is 9.65. The van der Waals surface area contributed by atoms with Gasteiger partial charge in [0.2, 0.25) is 0 Å². The van der Waals surface area contributed by atoms with E-state index in [4.69, 9.17) is 0 Å². The molecule has 3 N–H and O–H groups in total. The van der Waals surface area contributed by atoms with E-state index in [-0.39, 0.29) is 11.7 Å². The lowest BCUT2D eigenvalue weighted by Crippen LogP contribution is -2.24. The Kier molecular flexibility index (Phi) is 3.15. The summed E-state index contributed by atoms with van der Waals surface area (Å²) in [6.45, 7) is 1.61. The van der Waals surface area contributed by atoms with Gasteiger partial charge in [0, 0.05) is 37.7 Å². The minimum atomic E-state index is -0.253. The number of fused-ring (bicyclic) bond motifs is 1. The quantitative estimate of drug-likeness (QED) is 0.762. The highest BCUT2D eigenvalue weighted by Crippen LogP contribution is 2.23. The Bertz CT molecular complexity index is 663. The lowest BCUT2D eigenvalue weighted by Gasteiger charge is -2.13. The van der Waals surface area contributed by atoms with Crippen molar-refractivity contribution in [1.29, 1.82) is 0 Å². The molecule has 0 unspecified atom stereocenters. The van der Waals surface area contributed by atoms with Gasteiger partial charge in [-0.25, -0.2) is 0 Å². The van der Waals surface area contributed by atoms with E-state index < -0.39 is 0 Å². The highest BCUT2D eigenvalue weighted by molar-refractivity contribution is 6.04. The predicted octanol–water partition coefficient (Wildman–Crippen LogP) is 1.02. The number of hydrogen-bond donors (Lipinski definition) is 3. The minimum Gasteiger partial charge on any atom is -0.508 e. The van der Waals surface area contributed by atoms with Gasteiger partial charge < -0.3 is 15.7 Å². The number of benzene rings is 1. The zero-order valence-corrected chi connectivity index (χ0v) is 11.2. The lowest BCUT2D eigenvalue weighted by molar-refractivity contribution is 0.102. The van der Waals surface area contributed by atoms with Crippen LogP contribution >= 0.6 is 0 Å². The van der Waals surface area contributed by atoms with E-state index >= 15 is 0 Å². The van der Waals surface area contributed by atoms with Gasteiger partial charge in [-0.15, -0.1) is 0 Å². The van der Waals surface area contributed by atoms with Crippen LogP contribution in [-0.2, 0) is 20.0 Å². The van der Waals surface area contributed by atoms with Crippen molar-refractivity contribution in [3.63, 3.8) is 0 Å². The van der Waals surface area contributed by atoms with Crippen molar-refractivity contribution in [2.75, 3.05) is 11.9 Å². The summed E-state index contributed by atoms with van der Waals surface area (Å²) in [5, 5.41) is 20.0. The fraction of sp³-hybridized carbons (Fsp3) is 0.286. The second-order valence-electron chi connectivity index (χ2n) is 4.83. The van der Waals surface area contributed by atoms with Gasteiger partial charge in [0.05, 0.1) is 5.69 Å². The molecule has 1 aromatic heterocycles. The minimum absolute atomic E-state index is 0.0753. The molecular weight excluding hydrogens is 256 g/mol. The smallest absolute Gasteiger partial charge is 0.256 e. The fourth-order valence-corrected chi connectivity index (χ4v) is 2.41. The standard InChI is InChI=1S/C14H16N4O2/c1-18-13(11-8-15-6-5-12(11)17-18)16-14(20)9-3-2-4-10(19)7-9/h2-4,7,15,19H,5-6,8H2,1H3,(H,16,20). The molecule has 6 heteroatoms. The molecule has 0 saturated carbocycles. The number of phenolic OH excluding ortho intramolecular Hbond substituents is 1. The average molecular weight is 272 g/mol. The molecule has 6 nitrogen and oxygen atoms in total. The summed E-state index contributed by atoms with van der Waals surface area (Å²) >= 11 is 0. The van der Waals surface area contributed by atoms with Gasteiger partial charge in [-0.3, -0.25) is 9.48 Å². The molecule has 1 aliphatic heterocycles. The second kappa shape index (κ2) is 4.97. The van der Waals surface area contributed by atoms with Gasteiger partial charge in [-0.1, -0.05) is 6.07 Å². The molecule has 2 heterocycles. The lowest BCUT2D eigenvalue weighted by atomic mass is 10.1. The molecule has 0 aliphatic carbocycles. The number of amides is 1. The molecule has 1 amide bonds. The Morgan fingerprint density at radius 3 is 3.15 bits per heavy atom. The molecule has 0 saturated heterocycles. The number of anilines is 1. The van der Waals surface area contributed by atoms with E-state index in [1.54, 1.807) is 16.8 Å². The summed E-state index contributed by atoms with van der Waals surface area (Å²) < 4.78 is 1.69. The summed E-state index contributed by atoms with van der Waals surface area (Å²) in [7, 11) is 1.82. The Hall–Kier alpha value is -2.34. The third-order valence-corrected chi connectivity index (χ3v) is 3.41. The predicted molar refractivity (Wildman–Crippen MR) is 74.7 cm³/mol. The number of carbonyl (C=O) groups is 1. The SMILES string of the molecule is Cn1nc2c(c1NC(=O)c1cccc(O)c1)CNCC2. The number of rotatable bonds is 2. The highest BCUT2D eigenvalue weighted by Gasteiger charge is 2.20. The van der Waals surface area contributed by atoms with Gasteiger partial charge in [0.25, 0.3) is 5.91 Å². The zero-order valence-electron chi connectivity index (χ0n) is 11.2. The first kappa shape index (κ1) is 12.7. The maximum atomic E-state index is 12.2. The number of aryl methyl sites for hydroxylation is 1. The van der Waals surface area contributed by atoms with E-state index in [9.17, 15) is 9.90 Å². The zero-order chi connectivity index (χ0) is 14.1. The van der Waals surface area contributed by atoms with Crippen molar-refractivity contribution >= 4 is 11.7 Å². The van der Waals surface area contributed by atoms with E-state index in [0.29, 0.717) is 17.9 Å². The van der Waals surface area contributed by atoms with Gasteiger partial charge in [0.15, 0.2) is 0 Å². The Labute approximate surface area is 116 Å². The maximum Gasteiger partial charge on any atom is 0.256 e. The number of aromatic hydroxyl groups is 1. The molecule has 104 valence electrons. The summed E-state index contributed by atoms with van der Waals surface area (Å²) in [6, 6.07) is 6.28. The monoisotopic (exact) mass is 272 g/mol. The largest absolute Gasteiger partial charge is 0.508 e. The van der Waals surface area contributed by atoms with Crippen LogP contribution in [0.4, 0.5) is 5.82 Å². The van der Waals surface area contributed by atoms with Crippen LogP contribution < -0.4 is 10.6 Å². The van der Waals surface area contributed by atoms with Crippen molar-refractivity contribution in [1.82, 2.24) is 15.1 Å². The van der Waals surface area contributed by atoms with Crippen LogP contribution in [0.15, 0.2) is 24.3 Å². The maximum absolute atomic E-state index is 12.2. The third-order valence-electron chi connectivity index (χ3n) is 3.41. The van der Waals surface area contributed by atoms with Crippen LogP contribution in [0, 0.1) is 0 Å². The van der Waals surface area contributed by atoms with Crippen LogP contribution in [0.25, 0.3) is 0 Å². The molecule has 0 fully saturated rings. The van der Waals surface area contributed by atoms with Gasteiger partial charge >= 0.3 is 0 Å².